The van der Waals surface area contributed by atoms with Crippen LogP contribution in [0.2, 0.25) is 0 Å². The molecule has 0 spiro atoms. The fourth-order valence-corrected chi connectivity index (χ4v) is 2.39. The van der Waals surface area contributed by atoms with E-state index in [4.69, 9.17) is 10.2 Å². The number of hydrogen-bond acceptors (Lipinski definition) is 6. The Morgan fingerprint density at radius 2 is 1.73 bits per heavy atom. The van der Waals surface area contributed by atoms with Crippen LogP contribution in [0.15, 0.2) is 36.4 Å². The van der Waals surface area contributed by atoms with E-state index in [0.29, 0.717) is 5.56 Å². The summed E-state index contributed by atoms with van der Waals surface area (Å²) in [6.07, 6.45) is 0.852. The Balaban J connectivity index is 2.82. The van der Waals surface area contributed by atoms with E-state index < -0.39 is 39.7 Å². The predicted molar refractivity (Wildman–Crippen MR) is 74.2 cm³/mol. The maximum atomic E-state index is 11.6. The van der Waals surface area contributed by atoms with Crippen LogP contribution < -0.4 is 0 Å². The average Bonchev–Trinajstić information content (AvgIpc) is 2.42. The summed E-state index contributed by atoms with van der Waals surface area (Å²) in [7, 11) is -4.90. The van der Waals surface area contributed by atoms with E-state index in [1.165, 1.54) is 6.08 Å². The number of benzene rings is 1. The van der Waals surface area contributed by atoms with Crippen LogP contribution in [0.25, 0.3) is 6.08 Å². The average molecular weight is 328 g/mol. The van der Waals surface area contributed by atoms with Crippen molar-refractivity contribution in [1.82, 2.24) is 0 Å². The Bertz CT molecular complexity index is 690. The van der Waals surface area contributed by atoms with Crippen LogP contribution in [-0.4, -0.2) is 41.8 Å². The van der Waals surface area contributed by atoms with E-state index in [1.54, 1.807) is 30.3 Å². The molecule has 0 fully saturated rings. The van der Waals surface area contributed by atoms with Gasteiger partial charge in [-0.1, -0.05) is 30.3 Å². The Kier molecular flexibility index (Phi) is 5.81. The molecule has 0 aliphatic carbocycles. The van der Waals surface area contributed by atoms with Crippen LogP contribution in [-0.2, 0) is 28.7 Å². The molecule has 0 radical (unpaired) electrons. The first-order chi connectivity index (χ1) is 10.2. The molecule has 1 rings (SSSR count). The zero-order valence-electron chi connectivity index (χ0n) is 11.1. The van der Waals surface area contributed by atoms with E-state index in [9.17, 15) is 22.8 Å². The van der Waals surface area contributed by atoms with Crippen molar-refractivity contribution in [3.8, 4) is 0 Å². The summed E-state index contributed by atoms with van der Waals surface area (Å²) < 4.78 is 27.3. The molecule has 9 heteroatoms. The van der Waals surface area contributed by atoms with E-state index in [0.717, 1.165) is 6.08 Å². The standard InChI is InChI=1S/C13H12O8S/c14-11(15)8-10(13(17)18)22(19,20)21-12(16)7-6-9-4-2-1-3-5-9/h1-7,10H,8H2,(H,14,15)(H,17,18)/b7-6+. The largest absolute Gasteiger partial charge is 0.481 e. The summed E-state index contributed by atoms with van der Waals surface area (Å²) in [5.74, 6) is -4.88. The monoisotopic (exact) mass is 328 g/mol. The normalized spacial score (nSPS) is 12.7. The van der Waals surface area contributed by atoms with Gasteiger partial charge in [-0.2, -0.15) is 8.42 Å². The zero-order valence-corrected chi connectivity index (χ0v) is 11.9. The van der Waals surface area contributed by atoms with Crippen molar-refractivity contribution < 1.29 is 37.2 Å². The van der Waals surface area contributed by atoms with Crippen molar-refractivity contribution in [1.29, 1.82) is 0 Å². The quantitative estimate of drug-likeness (QED) is 0.545. The Morgan fingerprint density at radius 3 is 2.23 bits per heavy atom. The molecule has 0 saturated carbocycles. The molecule has 0 amide bonds. The molecule has 1 atom stereocenters. The topological polar surface area (TPSA) is 135 Å². The predicted octanol–water partition coefficient (Wildman–Crippen LogP) is 0.501. The fraction of sp³-hybridized carbons (Fsp3) is 0.154. The lowest BCUT2D eigenvalue weighted by Gasteiger charge is -2.10. The highest BCUT2D eigenvalue weighted by atomic mass is 32.2. The molecule has 0 bridgehead atoms. The van der Waals surface area contributed by atoms with Crippen LogP contribution in [0.5, 0.6) is 0 Å². The number of hydrogen-bond donors (Lipinski definition) is 2. The van der Waals surface area contributed by atoms with Gasteiger partial charge in [0.05, 0.1) is 6.42 Å². The highest BCUT2D eigenvalue weighted by Crippen LogP contribution is 2.11. The van der Waals surface area contributed by atoms with Crippen LogP contribution in [0.1, 0.15) is 12.0 Å². The SMILES string of the molecule is O=C(O)CC(C(=O)O)S(=O)(=O)OC(=O)/C=C/c1ccccc1. The van der Waals surface area contributed by atoms with E-state index >= 15 is 0 Å². The molecule has 1 aromatic rings. The molecule has 2 N–H and O–H groups in total. The lowest BCUT2D eigenvalue weighted by atomic mass is 10.2. The molecule has 0 aromatic heterocycles. The van der Waals surface area contributed by atoms with Gasteiger partial charge in [0, 0.05) is 6.08 Å². The van der Waals surface area contributed by atoms with E-state index in [-0.39, 0.29) is 0 Å². The second kappa shape index (κ2) is 7.36. The van der Waals surface area contributed by atoms with E-state index in [1.807, 2.05) is 0 Å². The third kappa shape index (κ3) is 5.37. The second-order valence-corrected chi connectivity index (χ2v) is 5.79. The minimum absolute atomic E-state index is 0.595. The van der Waals surface area contributed by atoms with Crippen molar-refractivity contribution in [2.24, 2.45) is 0 Å². The van der Waals surface area contributed by atoms with Gasteiger partial charge in [0.15, 0.2) is 0 Å². The minimum atomic E-state index is -4.90. The van der Waals surface area contributed by atoms with Crippen molar-refractivity contribution >= 4 is 34.1 Å². The number of carbonyl (C=O) groups is 3. The number of carbonyl (C=O) groups excluding carboxylic acids is 1. The number of carboxylic acids is 2. The number of rotatable bonds is 7. The summed E-state index contributed by atoms with van der Waals surface area (Å²) >= 11 is 0. The number of carboxylic acid groups (broad SMARTS) is 2. The van der Waals surface area contributed by atoms with Crippen LogP contribution in [0, 0.1) is 0 Å². The highest BCUT2D eigenvalue weighted by Gasteiger charge is 2.37. The zero-order chi connectivity index (χ0) is 16.8. The van der Waals surface area contributed by atoms with Crippen LogP contribution in [0.4, 0.5) is 0 Å². The van der Waals surface area contributed by atoms with Gasteiger partial charge in [-0.25, -0.2) is 4.79 Å². The molecular formula is C13H12O8S. The third-order valence-corrected chi connectivity index (χ3v) is 3.86. The molecule has 1 unspecified atom stereocenters. The van der Waals surface area contributed by atoms with Gasteiger partial charge in [0.25, 0.3) is 0 Å². The first-order valence-corrected chi connectivity index (χ1v) is 7.34. The molecule has 0 aliphatic heterocycles. The van der Waals surface area contributed by atoms with Gasteiger partial charge in [0.2, 0.25) is 5.25 Å². The highest BCUT2D eigenvalue weighted by molar-refractivity contribution is 7.88. The minimum Gasteiger partial charge on any atom is -0.481 e. The summed E-state index contributed by atoms with van der Waals surface area (Å²) in [5.41, 5.74) is 0.595. The first-order valence-electron chi connectivity index (χ1n) is 5.87. The maximum absolute atomic E-state index is 11.6. The molecule has 0 heterocycles. The van der Waals surface area contributed by atoms with Gasteiger partial charge in [-0.3, -0.25) is 9.59 Å². The summed E-state index contributed by atoms with van der Waals surface area (Å²) in [4.78, 5) is 32.7. The molecule has 22 heavy (non-hydrogen) atoms. The number of aliphatic carboxylic acids is 2. The van der Waals surface area contributed by atoms with Crippen LogP contribution >= 0.6 is 0 Å². The summed E-state index contributed by atoms with van der Waals surface area (Å²) in [6, 6.07) is 8.40. The van der Waals surface area contributed by atoms with Gasteiger partial charge < -0.3 is 14.4 Å². The molecule has 8 nitrogen and oxygen atoms in total. The first kappa shape index (κ1) is 17.4. The Morgan fingerprint density at radius 1 is 1.14 bits per heavy atom. The lowest BCUT2D eigenvalue weighted by molar-refractivity contribution is -0.143. The molecule has 0 saturated heterocycles. The van der Waals surface area contributed by atoms with Gasteiger partial charge >= 0.3 is 28.0 Å². The second-order valence-electron chi connectivity index (χ2n) is 4.06. The van der Waals surface area contributed by atoms with Crippen molar-refractivity contribution in [2.75, 3.05) is 0 Å². The third-order valence-electron chi connectivity index (χ3n) is 2.39. The Hall–Kier alpha value is -2.68. The van der Waals surface area contributed by atoms with Gasteiger partial charge in [0.1, 0.15) is 0 Å². The van der Waals surface area contributed by atoms with Crippen LogP contribution in [0.3, 0.4) is 0 Å². The Labute approximate surface area is 125 Å². The van der Waals surface area contributed by atoms with Gasteiger partial charge in [-0.15, -0.1) is 0 Å². The van der Waals surface area contributed by atoms with Crippen molar-refractivity contribution in [2.45, 2.75) is 11.7 Å². The van der Waals surface area contributed by atoms with E-state index in [2.05, 4.69) is 4.18 Å². The van der Waals surface area contributed by atoms with Gasteiger partial charge in [-0.05, 0) is 11.6 Å². The molecule has 118 valence electrons. The summed E-state index contributed by atoms with van der Waals surface area (Å²) in [6.45, 7) is 0. The summed E-state index contributed by atoms with van der Waals surface area (Å²) in [5, 5.41) is 14.9. The fourth-order valence-electron chi connectivity index (χ4n) is 1.40. The maximum Gasteiger partial charge on any atom is 0.346 e. The van der Waals surface area contributed by atoms with Crippen molar-refractivity contribution in [3.05, 3.63) is 42.0 Å². The lowest BCUT2D eigenvalue weighted by Crippen LogP contribution is -2.34. The molecule has 1 aromatic carbocycles. The van der Waals surface area contributed by atoms with Crippen molar-refractivity contribution in [3.63, 3.8) is 0 Å². The molecular weight excluding hydrogens is 316 g/mol. The smallest absolute Gasteiger partial charge is 0.346 e. The molecule has 0 aliphatic rings.